The van der Waals surface area contributed by atoms with E-state index in [1.165, 1.54) is 24.3 Å². The number of alkyl halides is 2. The molecule has 0 amide bonds. The van der Waals surface area contributed by atoms with Gasteiger partial charge in [-0.05, 0) is 30.9 Å². The third kappa shape index (κ3) is 3.04. The maximum absolute atomic E-state index is 13.3. The monoisotopic (exact) mass is 359 g/mol. The largest absolute Gasteiger partial charge is 0.481 e. The van der Waals surface area contributed by atoms with Crippen LogP contribution in [-0.2, 0) is 14.8 Å². The van der Waals surface area contributed by atoms with E-state index in [4.69, 9.17) is 0 Å². The summed E-state index contributed by atoms with van der Waals surface area (Å²) in [4.78, 5) is 11.1. The lowest BCUT2D eigenvalue weighted by atomic mass is 9.67. The van der Waals surface area contributed by atoms with E-state index in [0.717, 1.165) is 6.42 Å². The van der Waals surface area contributed by atoms with E-state index in [1.54, 1.807) is 0 Å². The molecular weight excluding hydrogens is 340 g/mol. The first-order valence-electron chi connectivity index (χ1n) is 7.88. The second-order valence-corrected chi connectivity index (χ2v) is 8.38. The lowest BCUT2D eigenvalue weighted by Gasteiger charge is -2.37. The van der Waals surface area contributed by atoms with Crippen molar-refractivity contribution in [3.63, 3.8) is 0 Å². The summed E-state index contributed by atoms with van der Waals surface area (Å²) in [5.41, 5.74) is -0.738. The molecule has 0 heterocycles. The van der Waals surface area contributed by atoms with Crippen LogP contribution in [0, 0.1) is 5.41 Å². The summed E-state index contributed by atoms with van der Waals surface area (Å²) < 4.78 is 53.9. The van der Waals surface area contributed by atoms with Gasteiger partial charge in [0.25, 0.3) is 5.92 Å². The lowest BCUT2D eigenvalue weighted by molar-refractivity contribution is -0.154. The van der Waals surface area contributed by atoms with Crippen molar-refractivity contribution in [2.45, 2.75) is 48.8 Å². The molecule has 2 aliphatic rings. The van der Waals surface area contributed by atoms with Gasteiger partial charge in [0.2, 0.25) is 10.0 Å². The summed E-state index contributed by atoms with van der Waals surface area (Å²) in [5.74, 6) is -4.83. The molecule has 2 aliphatic carbocycles. The topological polar surface area (TPSA) is 83.5 Å². The van der Waals surface area contributed by atoms with E-state index in [2.05, 4.69) is 4.72 Å². The predicted molar refractivity (Wildman–Crippen MR) is 82.5 cm³/mol. The molecule has 0 bridgehead atoms. The molecule has 0 saturated heterocycles. The molecule has 3 rings (SSSR count). The molecule has 0 aliphatic heterocycles. The van der Waals surface area contributed by atoms with Gasteiger partial charge < -0.3 is 5.11 Å². The normalized spacial score (nSPS) is 24.2. The van der Waals surface area contributed by atoms with E-state index in [9.17, 15) is 27.1 Å². The molecule has 2 fully saturated rings. The minimum atomic E-state index is -3.95. The number of hydrogen-bond donors (Lipinski definition) is 2. The molecule has 1 aromatic rings. The quantitative estimate of drug-likeness (QED) is 0.784. The first kappa shape index (κ1) is 17.3. The Morgan fingerprint density at radius 3 is 2.42 bits per heavy atom. The molecule has 1 unspecified atom stereocenters. The van der Waals surface area contributed by atoms with Crippen molar-refractivity contribution in [1.29, 1.82) is 0 Å². The number of rotatable bonds is 7. The Balaban J connectivity index is 1.72. The number of halogens is 2. The van der Waals surface area contributed by atoms with Crippen LogP contribution in [0.4, 0.5) is 8.78 Å². The van der Waals surface area contributed by atoms with Gasteiger partial charge in [0.15, 0.2) is 0 Å². The number of hydrogen-bond acceptors (Lipinski definition) is 3. The minimum Gasteiger partial charge on any atom is -0.481 e. The Bertz CT molecular complexity index is 759. The number of benzene rings is 1. The standard InChI is InChI=1S/C16H19F2NO4S/c17-16(18)10-12(16)11-4-1-2-5-13(11)24(22,23)19-9-8-15(14(20)21)6-3-7-15/h1-2,4-5,12,19H,3,6-10H2,(H,20,21). The number of carboxylic acids is 1. The number of carbonyl (C=O) groups is 1. The number of sulfonamides is 1. The smallest absolute Gasteiger partial charge is 0.309 e. The van der Waals surface area contributed by atoms with Crippen molar-refractivity contribution in [1.82, 2.24) is 4.72 Å². The fourth-order valence-electron chi connectivity index (χ4n) is 3.24. The molecule has 132 valence electrons. The van der Waals surface area contributed by atoms with E-state index in [-0.39, 0.29) is 29.8 Å². The summed E-state index contributed by atoms with van der Waals surface area (Å²) in [5, 5.41) is 9.25. The first-order valence-corrected chi connectivity index (χ1v) is 9.36. The number of carboxylic acid groups (broad SMARTS) is 1. The molecule has 0 radical (unpaired) electrons. The summed E-state index contributed by atoms with van der Waals surface area (Å²) in [7, 11) is -3.95. The van der Waals surface area contributed by atoms with Crippen molar-refractivity contribution >= 4 is 16.0 Å². The van der Waals surface area contributed by atoms with Crippen molar-refractivity contribution in [2.24, 2.45) is 5.41 Å². The van der Waals surface area contributed by atoms with E-state index >= 15 is 0 Å². The van der Waals surface area contributed by atoms with Gasteiger partial charge in [0, 0.05) is 13.0 Å². The Morgan fingerprint density at radius 1 is 1.29 bits per heavy atom. The SMILES string of the molecule is O=C(O)C1(CCNS(=O)(=O)c2ccccc2C2CC2(F)F)CCC1. The third-order valence-corrected chi connectivity index (χ3v) is 6.60. The van der Waals surface area contributed by atoms with Crippen LogP contribution in [0.15, 0.2) is 29.2 Å². The van der Waals surface area contributed by atoms with E-state index in [1.807, 2.05) is 0 Å². The molecule has 8 heteroatoms. The zero-order chi connectivity index (χ0) is 17.6. The van der Waals surface area contributed by atoms with Gasteiger partial charge in [-0.3, -0.25) is 4.79 Å². The third-order valence-electron chi connectivity index (χ3n) is 5.07. The van der Waals surface area contributed by atoms with Crippen LogP contribution in [0.1, 0.15) is 43.6 Å². The van der Waals surface area contributed by atoms with Gasteiger partial charge in [-0.1, -0.05) is 24.6 Å². The summed E-state index contributed by atoms with van der Waals surface area (Å²) in [6.45, 7) is -0.0238. The summed E-state index contributed by atoms with van der Waals surface area (Å²) in [6, 6.07) is 5.74. The van der Waals surface area contributed by atoms with Gasteiger partial charge in [0.1, 0.15) is 0 Å². The van der Waals surface area contributed by atoms with Crippen LogP contribution in [0.5, 0.6) is 0 Å². The highest BCUT2D eigenvalue weighted by molar-refractivity contribution is 7.89. The van der Waals surface area contributed by atoms with Crippen LogP contribution >= 0.6 is 0 Å². The summed E-state index contributed by atoms with van der Waals surface area (Å²) in [6.07, 6.45) is 1.74. The van der Waals surface area contributed by atoms with Gasteiger partial charge in [-0.25, -0.2) is 21.9 Å². The Morgan fingerprint density at radius 2 is 1.92 bits per heavy atom. The molecular formula is C16H19F2NO4S. The van der Waals surface area contributed by atoms with Gasteiger partial charge in [-0.15, -0.1) is 0 Å². The van der Waals surface area contributed by atoms with Gasteiger partial charge in [0.05, 0.1) is 16.2 Å². The number of aliphatic carboxylic acids is 1. The summed E-state index contributed by atoms with van der Waals surface area (Å²) >= 11 is 0. The minimum absolute atomic E-state index is 0.0238. The van der Waals surface area contributed by atoms with Crippen molar-refractivity contribution < 1.29 is 27.1 Å². The van der Waals surface area contributed by atoms with Crippen molar-refractivity contribution in [3.05, 3.63) is 29.8 Å². The van der Waals surface area contributed by atoms with Crippen LogP contribution in [0.3, 0.4) is 0 Å². The van der Waals surface area contributed by atoms with Crippen LogP contribution < -0.4 is 4.72 Å². The second-order valence-electron chi connectivity index (χ2n) is 6.64. The highest BCUT2D eigenvalue weighted by Crippen LogP contribution is 2.56. The average Bonchev–Trinajstić information content (AvgIpc) is 3.10. The van der Waals surface area contributed by atoms with Gasteiger partial charge in [-0.2, -0.15) is 0 Å². The highest BCUT2D eigenvalue weighted by Gasteiger charge is 2.58. The highest BCUT2D eigenvalue weighted by atomic mass is 32.2. The van der Waals surface area contributed by atoms with Crippen molar-refractivity contribution in [2.75, 3.05) is 6.54 Å². The Hall–Kier alpha value is -1.54. The molecule has 0 aromatic heterocycles. The van der Waals surface area contributed by atoms with Crippen LogP contribution in [0.2, 0.25) is 0 Å². The van der Waals surface area contributed by atoms with Crippen LogP contribution in [0.25, 0.3) is 0 Å². The van der Waals surface area contributed by atoms with E-state index in [0.29, 0.717) is 12.8 Å². The fourth-order valence-corrected chi connectivity index (χ4v) is 4.55. The molecule has 24 heavy (non-hydrogen) atoms. The molecule has 1 atom stereocenters. The molecule has 2 N–H and O–H groups in total. The van der Waals surface area contributed by atoms with Crippen LogP contribution in [-0.4, -0.2) is 32.0 Å². The maximum Gasteiger partial charge on any atom is 0.309 e. The zero-order valence-corrected chi connectivity index (χ0v) is 13.8. The average molecular weight is 359 g/mol. The molecule has 1 aromatic carbocycles. The number of nitrogens with one attached hydrogen (secondary N) is 1. The maximum atomic E-state index is 13.3. The lowest BCUT2D eigenvalue weighted by Crippen LogP contribution is -2.41. The first-order chi connectivity index (χ1) is 11.2. The molecule has 5 nitrogen and oxygen atoms in total. The zero-order valence-electron chi connectivity index (χ0n) is 13.0. The van der Waals surface area contributed by atoms with Crippen molar-refractivity contribution in [3.8, 4) is 0 Å². The second kappa shape index (κ2) is 5.77. The molecule has 2 saturated carbocycles. The fraction of sp³-hybridized carbons (Fsp3) is 0.562. The van der Waals surface area contributed by atoms with E-state index < -0.39 is 33.2 Å². The predicted octanol–water partition coefficient (Wildman–Crippen LogP) is 2.73. The van der Waals surface area contributed by atoms with Gasteiger partial charge >= 0.3 is 5.97 Å². The Kier molecular flexibility index (Phi) is 4.16. The molecule has 0 spiro atoms. The Labute approximate surface area is 139 Å².